The van der Waals surface area contributed by atoms with Gasteiger partial charge in [-0.15, -0.1) is 0 Å². The second-order valence-electron chi connectivity index (χ2n) is 6.70. The number of nitrogens with one attached hydrogen (secondary N) is 1. The van der Waals surface area contributed by atoms with Gasteiger partial charge in [-0.3, -0.25) is 14.4 Å². The summed E-state index contributed by atoms with van der Waals surface area (Å²) in [5.74, 6) is -0.397. The van der Waals surface area contributed by atoms with Crippen LogP contribution in [0.25, 0.3) is 5.57 Å². The van der Waals surface area contributed by atoms with Crippen LogP contribution >= 0.6 is 0 Å². The molecule has 6 nitrogen and oxygen atoms in total. The number of carbonyl (C=O) groups is 2. The molecule has 1 atom stereocenters. The Balaban J connectivity index is 2.00. The molecule has 0 aliphatic carbocycles. The number of hydrogen-bond donors (Lipinski definition) is 1. The smallest absolute Gasteiger partial charge is 0.270 e. The van der Waals surface area contributed by atoms with Crippen LogP contribution in [0.3, 0.4) is 0 Å². The molecular formula is C20H18B2N2O4. The lowest BCUT2D eigenvalue weighted by atomic mass is 9.83. The van der Waals surface area contributed by atoms with Crippen molar-refractivity contribution in [2.75, 3.05) is 20.3 Å². The van der Waals surface area contributed by atoms with E-state index in [0.717, 1.165) is 17.4 Å². The Morgan fingerprint density at radius 3 is 2.71 bits per heavy atom. The van der Waals surface area contributed by atoms with Crippen molar-refractivity contribution in [2.24, 2.45) is 0 Å². The van der Waals surface area contributed by atoms with Crippen LogP contribution in [0.4, 0.5) is 0 Å². The number of likely N-dealkylation sites (N-methyl/N-ethyl adjacent to an activating group) is 1. The number of carbonyl (C=O) groups excluding carboxylic acids is 2. The lowest BCUT2D eigenvalue weighted by Crippen LogP contribution is -2.44. The Bertz CT molecular complexity index is 1030. The molecule has 1 aromatic heterocycles. The monoisotopic (exact) mass is 372 g/mol. The van der Waals surface area contributed by atoms with Crippen LogP contribution in [-0.2, 0) is 4.74 Å². The molecule has 1 amide bonds. The van der Waals surface area contributed by atoms with Gasteiger partial charge in [-0.25, -0.2) is 0 Å². The van der Waals surface area contributed by atoms with E-state index in [1.165, 1.54) is 17.0 Å². The number of H-pyrrole nitrogens is 1. The van der Waals surface area contributed by atoms with Crippen LogP contribution in [-0.4, -0.2) is 64.1 Å². The summed E-state index contributed by atoms with van der Waals surface area (Å²) in [4.78, 5) is 40.2. The average Bonchev–Trinajstić information content (AvgIpc) is 2.70. The third-order valence-electron chi connectivity index (χ3n) is 4.89. The van der Waals surface area contributed by atoms with Gasteiger partial charge < -0.3 is 14.6 Å². The van der Waals surface area contributed by atoms with E-state index < -0.39 is 17.5 Å². The zero-order valence-electron chi connectivity index (χ0n) is 15.7. The highest BCUT2D eigenvalue weighted by atomic mass is 16.5. The summed E-state index contributed by atoms with van der Waals surface area (Å²) >= 11 is 0. The van der Waals surface area contributed by atoms with Gasteiger partial charge in [0.2, 0.25) is 5.56 Å². The van der Waals surface area contributed by atoms with Crippen molar-refractivity contribution < 1.29 is 14.3 Å². The van der Waals surface area contributed by atoms with Crippen molar-refractivity contribution in [1.82, 2.24) is 9.88 Å². The van der Waals surface area contributed by atoms with E-state index in [9.17, 15) is 14.4 Å². The summed E-state index contributed by atoms with van der Waals surface area (Å²) in [6.07, 6.45) is 2.61. The summed E-state index contributed by atoms with van der Waals surface area (Å²) < 4.78 is 5.53. The van der Waals surface area contributed by atoms with Crippen LogP contribution in [0, 0.1) is 6.92 Å². The fourth-order valence-electron chi connectivity index (χ4n) is 3.20. The van der Waals surface area contributed by atoms with Crippen molar-refractivity contribution >= 4 is 44.4 Å². The second-order valence-corrected chi connectivity index (χ2v) is 6.70. The Labute approximate surface area is 165 Å². The zero-order valence-corrected chi connectivity index (χ0v) is 15.7. The van der Waals surface area contributed by atoms with Gasteiger partial charge in [0, 0.05) is 12.6 Å². The van der Waals surface area contributed by atoms with Crippen molar-refractivity contribution in [2.45, 2.75) is 13.0 Å². The maximum Gasteiger partial charge on any atom is 0.270 e. The summed E-state index contributed by atoms with van der Waals surface area (Å²) in [6.45, 7) is 2.44. The molecule has 4 radical (unpaired) electrons. The first-order chi connectivity index (χ1) is 13.3. The van der Waals surface area contributed by atoms with Gasteiger partial charge in [-0.1, -0.05) is 29.2 Å². The molecule has 28 heavy (non-hydrogen) atoms. The van der Waals surface area contributed by atoms with E-state index >= 15 is 0 Å². The van der Waals surface area contributed by atoms with Crippen molar-refractivity contribution in [3.63, 3.8) is 0 Å². The predicted molar refractivity (Wildman–Crippen MR) is 109 cm³/mol. The molecule has 3 rings (SSSR count). The number of nitrogens with zero attached hydrogens (tertiary/aromatic N) is 1. The van der Waals surface area contributed by atoms with Crippen LogP contribution in [0.1, 0.15) is 32.0 Å². The largest absolute Gasteiger partial charge is 0.375 e. The fraction of sp³-hybridized carbons (Fsp3) is 0.250. The van der Waals surface area contributed by atoms with Gasteiger partial charge in [0.1, 0.15) is 21.4 Å². The number of aromatic nitrogens is 1. The molecule has 1 N–H and O–H groups in total. The Hall–Kier alpha value is -2.86. The highest BCUT2D eigenvalue weighted by molar-refractivity contribution is 6.33. The van der Waals surface area contributed by atoms with Crippen LogP contribution < -0.4 is 16.5 Å². The number of hydrogen-bond acceptors (Lipinski definition) is 4. The standard InChI is InChI=1S/C20H18B2N2O4/c1-11-7-12(9-25)14(8-16(11)22)13-5-6-28-10-18(13)24(2)20(27)17-4-3-15(21)19(26)23-17/h3-5,7-9,18H,6,10H2,1-2H3,(H,23,26). The number of rotatable bonds is 4. The summed E-state index contributed by atoms with van der Waals surface area (Å²) in [5, 5.41) is 0. The quantitative estimate of drug-likeness (QED) is 0.588. The maximum absolute atomic E-state index is 12.9. The Kier molecular flexibility index (Phi) is 5.70. The van der Waals surface area contributed by atoms with E-state index in [-0.39, 0.29) is 17.8 Å². The predicted octanol–water partition coefficient (Wildman–Crippen LogP) is -0.362. The first kappa shape index (κ1) is 19.9. The van der Waals surface area contributed by atoms with Gasteiger partial charge in [-0.05, 0) is 35.7 Å². The molecule has 0 fully saturated rings. The summed E-state index contributed by atoms with van der Waals surface area (Å²) in [5.41, 5.74) is 2.92. The molecule has 0 saturated heterocycles. The van der Waals surface area contributed by atoms with Crippen molar-refractivity contribution in [3.05, 3.63) is 63.1 Å². The second kappa shape index (κ2) is 8.02. The minimum absolute atomic E-state index is 0.0338. The van der Waals surface area contributed by atoms with Gasteiger partial charge in [0.25, 0.3) is 5.91 Å². The number of benzene rings is 1. The molecule has 138 valence electrons. The third-order valence-corrected chi connectivity index (χ3v) is 4.89. The topological polar surface area (TPSA) is 79.5 Å². The normalized spacial score (nSPS) is 16.4. The number of amides is 1. The minimum atomic E-state index is -0.524. The number of ether oxygens (including phenoxy) is 1. The SMILES string of the molecule is [B]c1cc(C2=CCOCC2N(C)C(=O)c2ccc([B])c(=O)[nH]2)c(C=O)cc1C. The van der Waals surface area contributed by atoms with Crippen LogP contribution in [0.5, 0.6) is 0 Å². The van der Waals surface area contributed by atoms with Crippen LogP contribution in [0.15, 0.2) is 35.1 Å². The Morgan fingerprint density at radius 1 is 1.29 bits per heavy atom. The summed E-state index contributed by atoms with van der Waals surface area (Å²) in [6, 6.07) is 5.86. The van der Waals surface area contributed by atoms with E-state index in [2.05, 4.69) is 4.98 Å². The van der Waals surface area contributed by atoms with Gasteiger partial charge in [0.05, 0.1) is 19.3 Å². The number of aromatic amines is 1. The van der Waals surface area contributed by atoms with Gasteiger partial charge in [0.15, 0.2) is 6.29 Å². The molecule has 1 aliphatic heterocycles. The highest BCUT2D eigenvalue weighted by Crippen LogP contribution is 2.28. The fourth-order valence-corrected chi connectivity index (χ4v) is 3.20. The van der Waals surface area contributed by atoms with Crippen LogP contribution in [0.2, 0.25) is 0 Å². The highest BCUT2D eigenvalue weighted by Gasteiger charge is 2.29. The molecule has 1 aromatic carbocycles. The lowest BCUT2D eigenvalue weighted by molar-refractivity contribution is 0.0615. The van der Waals surface area contributed by atoms with Crippen molar-refractivity contribution in [1.29, 1.82) is 0 Å². The van der Waals surface area contributed by atoms with E-state index in [4.69, 9.17) is 20.4 Å². The first-order valence-corrected chi connectivity index (χ1v) is 8.73. The number of aryl methyl sites for hydroxylation is 1. The molecule has 0 spiro atoms. The minimum Gasteiger partial charge on any atom is -0.375 e. The summed E-state index contributed by atoms with van der Waals surface area (Å²) in [7, 11) is 13.2. The number of pyridine rings is 1. The third kappa shape index (κ3) is 3.73. The van der Waals surface area contributed by atoms with Gasteiger partial charge in [-0.2, -0.15) is 0 Å². The molecule has 0 saturated carbocycles. The van der Waals surface area contributed by atoms with E-state index in [0.29, 0.717) is 23.2 Å². The molecule has 2 aromatic rings. The molecular weight excluding hydrogens is 354 g/mol. The number of aldehydes is 1. The first-order valence-electron chi connectivity index (χ1n) is 8.73. The molecule has 2 heterocycles. The van der Waals surface area contributed by atoms with Crippen molar-refractivity contribution in [3.8, 4) is 0 Å². The maximum atomic E-state index is 12.9. The molecule has 1 unspecified atom stereocenters. The lowest BCUT2D eigenvalue weighted by Gasteiger charge is -2.33. The Morgan fingerprint density at radius 2 is 2.04 bits per heavy atom. The zero-order chi connectivity index (χ0) is 20.4. The van der Waals surface area contributed by atoms with Gasteiger partial charge >= 0.3 is 0 Å². The average molecular weight is 372 g/mol. The molecule has 0 bridgehead atoms. The molecule has 1 aliphatic rings. The van der Waals surface area contributed by atoms with E-state index in [1.54, 1.807) is 19.2 Å². The molecule has 8 heteroatoms. The van der Waals surface area contributed by atoms with E-state index in [1.807, 2.05) is 13.0 Å².